The Labute approximate surface area is 119 Å². The number of hydrogen-bond acceptors (Lipinski definition) is 3. The molecule has 4 heteroatoms. The van der Waals surface area contributed by atoms with Crippen LogP contribution in [0.1, 0.15) is 24.8 Å². The zero-order chi connectivity index (χ0) is 13.0. The molecule has 1 aromatic carbocycles. The molecule has 0 radical (unpaired) electrons. The number of hydrogen-bond donors (Lipinski definition) is 1. The monoisotopic (exact) mass is 284 g/mol. The molecule has 2 N–H and O–H groups in total. The van der Waals surface area contributed by atoms with Crippen molar-refractivity contribution in [3.63, 3.8) is 0 Å². The lowest BCUT2D eigenvalue weighted by atomic mass is 10.2. The minimum absolute atomic E-state index is 0.797. The number of halogens is 1. The number of nitrogens with two attached hydrogens (primary N) is 1. The first-order chi connectivity index (χ1) is 8.69. The van der Waals surface area contributed by atoms with E-state index in [0.29, 0.717) is 0 Å². The van der Waals surface area contributed by atoms with E-state index >= 15 is 0 Å². The second-order valence-corrected chi connectivity index (χ2v) is 6.46. The molecule has 1 atom stereocenters. The SMILES string of the molecule is CSC1CCCN(Cc2cc(N)ccc2Cl)CC1. The van der Waals surface area contributed by atoms with Crippen molar-refractivity contribution in [2.75, 3.05) is 25.1 Å². The van der Waals surface area contributed by atoms with Gasteiger partial charge in [0.25, 0.3) is 0 Å². The zero-order valence-corrected chi connectivity index (χ0v) is 12.4. The Morgan fingerprint density at radius 2 is 2.22 bits per heavy atom. The van der Waals surface area contributed by atoms with Crippen LogP contribution in [0, 0.1) is 0 Å². The maximum absolute atomic E-state index is 6.23. The van der Waals surface area contributed by atoms with Crippen LogP contribution in [0.25, 0.3) is 0 Å². The molecule has 1 saturated heterocycles. The van der Waals surface area contributed by atoms with Crippen LogP contribution in [0.2, 0.25) is 5.02 Å². The largest absolute Gasteiger partial charge is 0.399 e. The number of nitrogens with zero attached hydrogens (tertiary/aromatic N) is 1. The topological polar surface area (TPSA) is 29.3 Å². The summed E-state index contributed by atoms with van der Waals surface area (Å²) in [5.41, 5.74) is 7.78. The van der Waals surface area contributed by atoms with Crippen LogP contribution < -0.4 is 5.73 Å². The van der Waals surface area contributed by atoms with Gasteiger partial charge >= 0.3 is 0 Å². The Morgan fingerprint density at radius 3 is 3.00 bits per heavy atom. The molecule has 100 valence electrons. The maximum atomic E-state index is 6.23. The summed E-state index contributed by atoms with van der Waals surface area (Å²) in [6.45, 7) is 3.25. The van der Waals surface area contributed by atoms with Gasteiger partial charge in [-0.05, 0) is 62.4 Å². The van der Waals surface area contributed by atoms with Gasteiger partial charge in [0.05, 0.1) is 0 Å². The van der Waals surface area contributed by atoms with E-state index in [0.717, 1.165) is 34.6 Å². The molecule has 0 bridgehead atoms. The third-order valence-corrected chi connectivity index (χ3v) is 5.07. The zero-order valence-electron chi connectivity index (χ0n) is 10.9. The average molecular weight is 285 g/mol. The van der Waals surface area contributed by atoms with Gasteiger partial charge in [0.2, 0.25) is 0 Å². The van der Waals surface area contributed by atoms with E-state index in [4.69, 9.17) is 17.3 Å². The van der Waals surface area contributed by atoms with Gasteiger partial charge in [0.15, 0.2) is 0 Å². The Morgan fingerprint density at radius 1 is 1.39 bits per heavy atom. The molecule has 18 heavy (non-hydrogen) atoms. The normalized spacial score (nSPS) is 21.8. The van der Waals surface area contributed by atoms with E-state index in [-0.39, 0.29) is 0 Å². The van der Waals surface area contributed by atoms with Gasteiger partial charge in [0.1, 0.15) is 0 Å². The standard InChI is InChI=1S/C14H21ClN2S/c1-18-13-3-2-7-17(8-6-13)10-11-9-12(16)4-5-14(11)15/h4-5,9,13H,2-3,6-8,10,16H2,1H3. The smallest absolute Gasteiger partial charge is 0.0452 e. The molecule has 0 saturated carbocycles. The van der Waals surface area contributed by atoms with Crippen molar-refractivity contribution in [1.29, 1.82) is 0 Å². The van der Waals surface area contributed by atoms with Gasteiger partial charge in [0, 0.05) is 22.5 Å². The van der Waals surface area contributed by atoms with Crippen LogP contribution in [0.3, 0.4) is 0 Å². The molecule has 2 rings (SSSR count). The fourth-order valence-electron chi connectivity index (χ4n) is 2.48. The molecule has 1 heterocycles. The van der Waals surface area contributed by atoms with Crippen LogP contribution in [0.4, 0.5) is 5.69 Å². The highest BCUT2D eigenvalue weighted by atomic mass is 35.5. The quantitative estimate of drug-likeness (QED) is 0.860. The molecular formula is C14H21ClN2S. The Bertz CT molecular complexity index is 397. The third kappa shape index (κ3) is 3.81. The Kier molecular flexibility index (Phi) is 5.22. The van der Waals surface area contributed by atoms with Crippen LogP contribution in [0.15, 0.2) is 18.2 Å². The third-order valence-electron chi connectivity index (χ3n) is 3.56. The van der Waals surface area contributed by atoms with Crippen molar-refractivity contribution < 1.29 is 0 Å². The average Bonchev–Trinajstić information content (AvgIpc) is 2.59. The van der Waals surface area contributed by atoms with Crippen LogP contribution in [-0.4, -0.2) is 29.5 Å². The number of rotatable bonds is 3. The van der Waals surface area contributed by atoms with Crippen LogP contribution >= 0.6 is 23.4 Å². The predicted octanol–water partition coefficient (Wildman–Crippen LogP) is 3.64. The minimum Gasteiger partial charge on any atom is -0.399 e. The molecule has 1 unspecified atom stereocenters. The summed E-state index contributed by atoms with van der Waals surface area (Å²) in [4.78, 5) is 2.50. The van der Waals surface area contributed by atoms with E-state index in [9.17, 15) is 0 Å². The van der Waals surface area contributed by atoms with Gasteiger partial charge in [-0.1, -0.05) is 11.6 Å². The van der Waals surface area contributed by atoms with E-state index in [1.807, 2.05) is 30.0 Å². The lowest BCUT2D eigenvalue weighted by Crippen LogP contribution is -2.24. The van der Waals surface area contributed by atoms with E-state index in [1.54, 1.807) is 0 Å². The molecule has 1 fully saturated rings. The lowest BCUT2D eigenvalue weighted by molar-refractivity contribution is 0.277. The molecule has 0 spiro atoms. The van der Waals surface area contributed by atoms with Gasteiger partial charge in [-0.2, -0.15) is 11.8 Å². The summed E-state index contributed by atoms with van der Waals surface area (Å²) in [6, 6.07) is 5.76. The van der Waals surface area contributed by atoms with Gasteiger partial charge in [-0.25, -0.2) is 0 Å². The second kappa shape index (κ2) is 6.69. The fraction of sp³-hybridized carbons (Fsp3) is 0.571. The fourth-order valence-corrected chi connectivity index (χ4v) is 3.40. The first-order valence-electron chi connectivity index (χ1n) is 6.48. The summed E-state index contributed by atoms with van der Waals surface area (Å²) in [5, 5.41) is 1.65. The summed E-state index contributed by atoms with van der Waals surface area (Å²) in [5.74, 6) is 0. The van der Waals surface area contributed by atoms with Crippen molar-refractivity contribution in [2.45, 2.75) is 31.1 Å². The summed E-state index contributed by atoms with van der Waals surface area (Å²) in [6.07, 6.45) is 6.12. The van der Waals surface area contributed by atoms with E-state index in [2.05, 4.69) is 11.2 Å². The molecule has 0 aromatic heterocycles. The molecule has 0 amide bonds. The summed E-state index contributed by atoms with van der Waals surface area (Å²) in [7, 11) is 0. The Balaban J connectivity index is 1.98. The van der Waals surface area contributed by atoms with Gasteiger partial charge in [-0.15, -0.1) is 0 Å². The highest BCUT2D eigenvalue weighted by molar-refractivity contribution is 7.99. The minimum atomic E-state index is 0.797. The van der Waals surface area contributed by atoms with Crippen molar-refractivity contribution in [3.8, 4) is 0 Å². The Hall–Kier alpha value is -0.380. The van der Waals surface area contributed by atoms with Gasteiger partial charge in [-0.3, -0.25) is 4.90 Å². The highest BCUT2D eigenvalue weighted by Gasteiger charge is 2.16. The molecule has 2 nitrogen and oxygen atoms in total. The first-order valence-corrected chi connectivity index (χ1v) is 8.14. The highest BCUT2D eigenvalue weighted by Crippen LogP contribution is 2.24. The first kappa shape index (κ1) is 14.0. The van der Waals surface area contributed by atoms with Crippen molar-refractivity contribution in [1.82, 2.24) is 4.90 Å². The molecule has 1 aliphatic rings. The van der Waals surface area contributed by atoms with Crippen molar-refractivity contribution >= 4 is 29.1 Å². The molecular weight excluding hydrogens is 264 g/mol. The van der Waals surface area contributed by atoms with Crippen LogP contribution in [0.5, 0.6) is 0 Å². The number of nitrogen functional groups attached to an aromatic ring is 1. The predicted molar refractivity (Wildman–Crippen MR) is 82.3 cm³/mol. The molecule has 1 aliphatic heterocycles. The molecule has 0 aliphatic carbocycles. The number of anilines is 1. The number of benzene rings is 1. The van der Waals surface area contributed by atoms with E-state index < -0.39 is 0 Å². The van der Waals surface area contributed by atoms with Gasteiger partial charge < -0.3 is 5.73 Å². The summed E-state index contributed by atoms with van der Waals surface area (Å²) >= 11 is 8.23. The molecule has 1 aromatic rings. The lowest BCUT2D eigenvalue weighted by Gasteiger charge is -2.21. The van der Waals surface area contributed by atoms with Crippen molar-refractivity contribution in [3.05, 3.63) is 28.8 Å². The van der Waals surface area contributed by atoms with Crippen LogP contribution in [-0.2, 0) is 6.54 Å². The number of likely N-dealkylation sites (tertiary alicyclic amines) is 1. The van der Waals surface area contributed by atoms with E-state index in [1.165, 1.54) is 25.8 Å². The number of thioether (sulfide) groups is 1. The summed E-state index contributed by atoms with van der Waals surface area (Å²) < 4.78 is 0. The second-order valence-electron chi connectivity index (χ2n) is 4.92. The maximum Gasteiger partial charge on any atom is 0.0452 e. The van der Waals surface area contributed by atoms with Crippen molar-refractivity contribution in [2.24, 2.45) is 0 Å².